The Morgan fingerprint density at radius 3 is 2.72 bits per heavy atom. The minimum absolute atomic E-state index is 0.129. The Balaban J connectivity index is 1.71. The fourth-order valence-electron chi connectivity index (χ4n) is 4.08. The summed E-state index contributed by atoms with van der Waals surface area (Å²) < 4.78 is 13.1. The van der Waals surface area contributed by atoms with Crippen molar-refractivity contribution in [2.75, 3.05) is 26.3 Å². The molecule has 1 unspecified atom stereocenters. The van der Waals surface area contributed by atoms with Crippen molar-refractivity contribution >= 4 is 17.6 Å². The number of esters is 1. The van der Waals surface area contributed by atoms with Crippen LogP contribution in [0.3, 0.4) is 0 Å². The number of benzene rings is 1. The van der Waals surface area contributed by atoms with Crippen LogP contribution in [0.2, 0.25) is 5.15 Å². The third kappa shape index (κ3) is 5.11. The number of hydrogen-bond donors (Lipinski definition) is 0. The normalized spacial score (nSPS) is 19.9. The molecule has 3 rings (SSSR count). The van der Waals surface area contributed by atoms with E-state index in [1.807, 2.05) is 51.2 Å². The number of carbonyl (C=O) groups is 1. The zero-order valence-corrected chi connectivity index (χ0v) is 18.2. The molecule has 0 amide bonds. The molecule has 6 nitrogen and oxygen atoms in total. The first-order valence-corrected chi connectivity index (χ1v) is 10.6. The van der Waals surface area contributed by atoms with E-state index >= 15 is 0 Å². The molecule has 1 atom stereocenters. The second-order valence-electron chi connectivity index (χ2n) is 7.70. The van der Waals surface area contributed by atoms with Gasteiger partial charge in [-0.3, -0.25) is 14.4 Å². The van der Waals surface area contributed by atoms with E-state index in [1.54, 1.807) is 4.68 Å². The molecule has 29 heavy (non-hydrogen) atoms. The lowest BCUT2D eigenvalue weighted by molar-refractivity contribution is -0.160. The number of ether oxygens (including phenoxy) is 2. The number of likely N-dealkylation sites (tertiary alicyclic amines) is 1. The van der Waals surface area contributed by atoms with Gasteiger partial charge in [0.15, 0.2) is 0 Å². The van der Waals surface area contributed by atoms with Crippen LogP contribution in [-0.2, 0) is 23.1 Å². The highest BCUT2D eigenvalue weighted by Gasteiger charge is 2.43. The maximum atomic E-state index is 13.0. The quantitative estimate of drug-likeness (QED) is 0.605. The number of aromatic nitrogens is 2. The van der Waals surface area contributed by atoms with E-state index < -0.39 is 5.41 Å². The van der Waals surface area contributed by atoms with Crippen molar-refractivity contribution in [1.29, 1.82) is 0 Å². The van der Waals surface area contributed by atoms with E-state index in [-0.39, 0.29) is 5.97 Å². The third-order valence-electron chi connectivity index (χ3n) is 5.61. The van der Waals surface area contributed by atoms with Crippen LogP contribution in [0, 0.1) is 12.3 Å². The zero-order chi connectivity index (χ0) is 20.9. The summed E-state index contributed by atoms with van der Waals surface area (Å²) in [6.45, 7) is 6.92. The van der Waals surface area contributed by atoms with E-state index in [0.717, 1.165) is 36.4 Å². The van der Waals surface area contributed by atoms with Crippen LogP contribution < -0.4 is 4.74 Å². The first-order chi connectivity index (χ1) is 13.9. The van der Waals surface area contributed by atoms with Crippen LogP contribution in [-0.4, -0.2) is 47.0 Å². The van der Waals surface area contributed by atoms with Gasteiger partial charge >= 0.3 is 5.97 Å². The maximum absolute atomic E-state index is 13.0. The molecule has 0 N–H and O–H groups in total. The molecule has 2 heterocycles. The SMILES string of the molecule is CCOC(=O)C1(CCOc2ccccc2)CCCN(Cc2c(C)nn(C)c2Cl)C1. The first kappa shape index (κ1) is 21.7. The number of carbonyl (C=O) groups excluding carboxylic acids is 1. The Labute approximate surface area is 177 Å². The maximum Gasteiger partial charge on any atom is 0.313 e. The minimum atomic E-state index is -0.564. The summed E-state index contributed by atoms with van der Waals surface area (Å²) in [6, 6.07) is 9.70. The summed E-state index contributed by atoms with van der Waals surface area (Å²) in [4.78, 5) is 15.2. The predicted octanol–water partition coefficient (Wildman–Crippen LogP) is 4.00. The van der Waals surface area contributed by atoms with Gasteiger partial charge in [-0.25, -0.2) is 0 Å². The molecule has 0 radical (unpaired) electrons. The van der Waals surface area contributed by atoms with Gasteiger partial charge in [0, 0.05) is 25.7 Å². The van der Waals surface area contributed by atoms with Gasteiger partial charge in [-0.2, -0.15) is 5.10 Å². The molecule has 1 fully saturated rings. The van der Waals surface area contributed by atoms with E-state index in [4.69, 9.17) is 21.1 Å². The molecule has 0 spiro atoms. The Hall–Kier alpha value is -2.05. The van der Waals surface area contributed by atoms with Crippen molar-refractivity contribution in [3.05, 3.63) is 46.7 Å². The second-order valence-corrected chi connectivity index (χ2v) is 8.06. The van der Waals surface area contributed by atoms with Crippen molar-refractivity contribution < 1.29 is 14.3 Å². The van der Waals surface area contributed by atoms with Gasteiger partial charge in [-0.05, 0) is 51.8 Å². The Kier molecular flexibility index (Phi) is 7.19. The van der Waals surface area contributed by atoms with Crippen LogP contribution in [0.5, 0.6) is 5.75 Å². The average molecular weight is 420 g/mol. The van der Waals surface area contributed by atoms with Gasteiger partial charge in [0.2, 0.25) is 0 Å². The first-order valence-electron chi connectivity index (χ1n) is 10.2. The molecule has 1 aromatic carbocycles. The number of rotatable bonds is 8. The summed E-state index contributed by atoms with van der Waals surface area (Å²) >= 11 is 6.43. The van der Waals surface area contributed by atoms with Gasteiger partial charge in [-0.1, -0.05) is 29.8 Å². The second kappa shape index (κ2) is 9.63. The lowest BCUT2D eigenvalue weighted by Crippen LogP contribution is -2.49. The minimum Gasteiger partial charge on any atom is -0.494 e. The number of para-hydroxylation sites is 1. The molecular formula is C22H30ClN3O3. The highest BCUT2D eigenvalue weighted by Crippen LogP contribution is 2.36. The van der Waals surface area contributed by atoms with E-state index in [9.17, 15) is 4.79 Å². The fraction of sp³-hybridized carbons (Fsp3) is 0.545. The topological polar surface area (TPSA) is 56.6 Å². The number of nitrogens with zero attached hydrogens (tertiary/aromatic N) is 3. The Morgan fingerprint density at radius 2 is 2.07 bits per heavy atom. The molecule has 7 heteroatoms. The van der Waals surface area contributed by atoms with Crippen LogP contribution in [0.25, 0.3) is 0 Å². The van der Waals surface area contributed by atoms with Crippen molar-refractivity contribution in [3.63, 3.8) is 0 Å². The molecule has 0 aliphatic carbocycles. The number of aryl methyl sites for hydroxylation is 2. The van der Waals surface area contributed by atoms with Crippen molar-refractivity contribution in [2.45, 2.75) is 39.7 Å². The molecule has 1 aromatic heterocycles. The molecule has 0 bridgehead atoms. The van der Waals surface area contributed by atoms with Gasteiger partial charge in [0.25, 0.3) is 0 Å². The summed E-state index contributed by atoms with van der Waals surface area (Å²) in [7, 11) is 1.85. The third-order valence-corrected chi connectivity index (χ3v) is 6.08. The average Bonchev–Trinajstić information content (AvgIpc) is 2.95. The van der Waals surface area contributed by atoms with Gasteiger partial charge < -0.3 is 9.47 Å². The molecular weight excluding hydrogens is 390 g/mol. The monoisotopic (exact) mass is 419 g/mol. The number of hydrogen-bond acceptors (Lipinski definition) is 5. The highest BCUT2D eigenvalue weighted by atomic mass is 35.5. The Morgan fingerprint density at radius 1 is 1.31 bits per heavy atom. The van der Waals surface area contributed by atoms with E-state index in [1.165, 1.54) is 0 Å². The molecule has 2 aromatic rings. The predicted molar refractivity (Wildman–Crippen MR) is 113 cm³/mol. The smallest absolute Gasteiger partial charge is 0.313 e. The van der Waals surface area contributed by atoms with Crippen molar-refractivity contribution in [3.8, 4) is 5.75 Å². The van der Waals surface area contributed by atoms with Crippen LogP contribution in [0.1, 0.15) is 37.4 Å². The lowest BCUT2D eigenvalue weighted by Gasteiger charge is -2.41. The van der Waals surface area contributed by atoms with Crippen molar-refractivity contribution in [2.24, 2.45) is 12.5 Å². The van der Waals surface area contributed by atoms with Crippen LogP contribution >= 0.6 is 11.6 Å². The molecule has 1 aliphatic heterocycles. The largest absolute Gasteiger partial charge is 0.494 e. The van der Waals surface area contributed by atoms with Gasteiger partial charge in [0.05, 0.1) is 24.3 Å². The number of piperidine rings is 1. The number of halogens is 1. The summed E-state index contributed by atoms with van der Waals surface area (Å²) in [5.41, 5.74) is 1.39. The summed E-state index contributed by atoms with van der Waals surface area (Å²) in [6.07, 6.45) is 2.36. The molecule has 0 saturated carbocycles. The molecule has 158 valence electrons. The summed E-state index contributed by atoms with van der Waals surface area (Å²) in [5, 5.41) is 5.06. The van der Waals surface area contributed by atoms with E-state index in [2.05, 4.69) is 10.00 Å². The standard InChI is InChI=1S/C22H30ClN3O3/c1-4-28-21(27)22(12-14-29-18-9-6-5-7-10-18)11-8-13-26(16-22)15-19-17(2)24-25(3)20(19)23/h5-7,9-10H,4,8,11-16H2,1-3H3. The molecule has 1 aliphatic rings. The van der Waals surface area contributed by atoms with Gasteiger partial charge in [-0.15, -0.1) is 0 Å². The van der Waals surface area contributed by atoms with Crippen LogP contribution in [0.4, 0.5) is 0 Å². The highest BCUT2D eigenvalue weighted by molar-refractivity contribution is 6.30. The van der Waals surface area contributed by atoms with Gasteiger partial charge in [0.1, 0.15) is 10.9 Å². The lowest BCUT2D eigenvalue weighted by atomic mass is 9.77. The molecule has 1 saturated heterocycles. The van der Waals surface area contributed by atoms with Crippen molar-refractivity contribution in [1.82, 2.24) is 14.7 Å². The Bertz CT molecular complexity index is 824. The zero-order valence-electron chi connectivity index (χ0n) is 17.5. The fourth-order valence-corrected chi connectivity index (χ4v) is 4.31. The van der Waals surface area contributed by atoms with Crippen LogP contribution in [0.15, 0.2) is 30.3 Å². The van der Waals surface area contributed by atoms with E-state index in [0.29, 0.717) is 37.9 Å². The summed E-state index contributed by atoms with van der Waals surface area (Å²) in [5.74, 6) is 0.687.